The number of aromatic nitrogens is 1. The van der Waals surface area contributed by atoms with Crippen molar-refractivity contribution < 1.29 is 0 Å². The molecule has 0 aliphatic carbocycles. The van der Waals surface area contributed by atoms with E-state index in [1.165, 1.54) is 38.0 Å². The average molecular weight is 247 g/mol. The summed E-state index contributed by atoms with van der Waals surface area (Å²) in [5.41, 5.74) is 1.19. The van der Waals surface area contributed by atoms with Gasteiger partial charge in [0, 0.05) is 31.4 Å². The van der Waals surface area contributed by atoms with Gasteiger partial charge in [-0.15, -0.1) is 0 Å². The van der Waals surface area contributed by atoms with Gasteiger partial charge in [-0.25, -0.2) is 0 Å². The van der Waals surface area contributed by atoms with E-state index in [-0.39, 0.29) is 0 Å². The lowest BCUT2D eigenvalue weighted by atomic mass is 10.0. The highest BCUT2D eigenvalue weighted by Gasteiger charge is 2.23. The summed E-state index contributed by atoms with van der Waals surface area (Å²) in [7, 11) is 0. The van der Waals surface area contributed by atoms with Crippen molar-refractivity contribution >= 4 is 0 Å². The second kappa shape index (κ2) is 6.86. The highest BCUT2D eigenvalue weighted by molar-refractivity contribution is 5.08. The fourth-order valence-electron chi connectivity index (χ4n) is 2.65. The summed E-state index contributed by atoms with van der Waals surface area (Å²) < 4.78 is 0. The molecule has 0 saturated carbocycles. The van der Waals surface area contributed by atoms with Gasteiger partial charge in [-0.05, 0) is 44.9 Å². The largest absolute Gasteiger partial charge is 0.314 e. The van der Waals surface area contributed by atoms with Crippen LogP contribution in [0.15, 0.2) is 24.4 Å². The maximum Gasteiger partial charge on any atom is 0.0572 e. The number of likely N-dealkylation sites (tertiary alicyclic amines) is 1. The van der Waals surface area contributed by atoms with Gasteiger partial charge in [-0.1, -0.05) is 13.0 Å². The third-order valence-corrected chi connectivity index (χ3v) is 3.88. The van der Waals surface area contributed by atoms with Crippen molar-refractivity contribution in [3.8, 4) is 0 Å². The molecular formula is C15H25N3. The third kappa shape index (κ3) is 3.53. The van der Waals surface area contributed by atoms with E-state index in [1.54, 1.807) is 0 Å². The average Bonchev–Trinajstić information content (AvgIpc) is 2.46. The smallest absolute Gasteiger partial charge is 0.0572 e. The Morgan fingerprint density at radius 3 is 2.78 bits per heavy atom. The Kier molecular flexibility index (Phi) is 5.14. The SMILES string of the molecule is CCCNC1CCN(C(C)c2ccccn2)CC1. The van der Waals surface area contributed by atoms with E-state index >= 15 is 0 Å². The van der Waals surface area contributed by atoms with E-state index in [2.05, 4.69) is 41.2 Å². The normalized spacial score (nSPS) is 19.9. The number of hydrogen-bond acceptors (Lipinski definition) is 3. The van der Waals surface area contributed by atoms with Gasteiger partial charge in [0.05, 0.1) is 5.69 Å². The Morgan fingerprint density at radius 1 is 1.39 bits per heavy atom. The number of rotatable bonds is 5. The second-order valence-electron chi connectivity index (χ2n) is 5.19. The highest BCUT2D eigenvalue weighted by Crippen LogP contribution is 2.22. The van der Waals surface area contributed by atoms with Crippen molar-refractivity contribution in [2.45, 2.75) is 45.2 Å². The summed E-state index contributed by atoms with van der Waals surface area (Å²) in [6.45, 7) is 8.01. The van der Waals surface area contributed by atoms with E-state index in [0.717, 1.165) is 12.6 Å². The standard InChI is InChI=1S/C15H25N3/c1-3-9-16-14-7-11-18(12-8-14)13(2)15-6-4-5-10-17-15/h4-6,10,13-14,16H,3,7-9,11-12H2,1-2H3. The molecule has 0 radical (unpaired) electrons. The molecule has 18 heavy (non-hydrogen) atoms. The van der Waals surface area contributed by atoms with Crippen LogP contribution in [-0.2, 0) is 0 Å². The van der Waals surface area contributed by atoms with Crippen LogP contribution in [0.3, 0.4) is 0 Å². The first-order valence-electron chi connectivity index (χ1n) is 7.19. The second-order valence-corrected chi connectivity index (χ2v) is 5.19. The topological polar surface area (TPSA) is 28.2 Å². The van der Waals surface area contributed by atoms with Crippen LogP contribution >= 0.6 is 0 Å². The molecule has 3 nitrogen and oxygen atoms in total. The quantitative estimate of drug-likeness (QED) is 0.867. The number of piperidine rings is 1. The van der Waals surface area contributed by atoms with Crippen molar-refractivity contribution in [2.75, 3.05) is 19.6 Å². The molecule has 2 rings (SSSR count). The predicted molar refractivity (Wildman–Crippen MR) is 75.5 cm³/mol. The minimum atomic E-state index is 0.443. The zero-order chi connectivity index (χ0) is 12.8. The molecule has 1 saturated heterocycles. The van der Waals surface area contributed by atoms with Gasteiger partial charge in [-0.3, -0.25) is 9.88 Å². The predicted octanol–water partition coefficient (Wildman–Crippen LogP) is 2.61. The van der Waals surface area contributed by atoms with Crippen molar-refractivity contribution in [2.24, 2.45) is 0 Å². The van der Waals surface area contributed by atoms with E-state index < -0.39 is 0 Å². The molecule has 0 bridgehead atoms. The molecular weight excluding hydrogens is 222 g/mol. The molecule has 2 heterocycles. The van der Waals surface area contributed by atoms with E-state index in [1.807, 2.05) is 12.3 Å². The Hall–Kier alpha value is -0.930. The number of nitrogens with zero attached hydrogens (tertiary/aromatic N) is 2. The molecule has 1 aliphatic heterocycles. The minimum absolute atomic E-state index is 0.443. The molecule has 1 fully saturated rings. The van der Waals surface area contributed by atoms with Crippen LogP contribution in [0, 0.1) is 0 Å². The molecule has 0 spiro atoms. The molecule has 0 amide bonds. The molecule has 3 heteroatoms. The fourth-order valence-corrected chi connectivity index (χ4v) is 2.65. The van der Waals surface area contributed by atoms with Crippen molar-refractivity contribution in [1.29, 1.82) is 0 Å². The van der Waals surface area contributed by atoms with E-state index in [9.17, 15) is 0 Å². The van der Waals surface area contributed by atoms with Crippen LogP contribution in [0.5, 0.6) is 0 Å². The molecule has 0 aromatic carbocycles. The minimum Gasteiger partial charge on any atom is -0.314 e. The number of pyridine rings is 1. The van der Waals surface area contributed by atoms with Gasteiger partial charge in [0.1, 0.15) is 0 Å². The lowest BCUT2D eigenvalue weighted by Crippen LogP contribution is -2.43. The Balaban J connectivity index is 1.82. The summed E-state index contributed by atoms with van der Waals surface area (Å²) >= 11 is 0. The molecule has 100 valence electrons. The van der Waals surface area contributed by atoms with Crippen molar-refractivity contribution in [3.63, 3.8) is 0 Å². The zero-order valence-corrected chi connectivity index (χ0v) is 11.6. The van der Waals surface area contributed by atoms with E-state index in [0.29, 0.717) is 6.04 Å². The van der Waals surface area contributed by atoms with Gasteiger partial charge in [0.2, 0.25) is 0 Å². The molecule has 1 unspecified atom stereocenters. The van der Waals surface area contributed by atoms with Gasteiger partial charge >= 0.3 is 0 Å². The lowest BCUT2D eigenvalue weighted by molar-refractivity contribution is 0.150. The summed E-state index contributed by atoms with van der Waals surface area (Å²) in [6.07, 6.45) is 5.64. The van der Waals surface area contributed by atoms with Crippen LogP contribution in [0.2, 0.25) is 0 Å². The highest BCUT2D eigenvalue weighted by atomic mass is 15.2. The molecule has 1 N–H and O–H groups in total. The Morgan fingerprint density at radius 2 is 2.17 bits per heavy atom. The van der Waals surface area contributed by atoms with Gasteiger partial charge in [0.25, 0.3) is 0 Å². The summed E-state index contributed by atoms with van der Waals surface area (Å²) in [4.78, 5) is 7.01. The fraction of sp³-hybridized carbons (Fsp3) is 0.667. The zero-order valence-electron chi connectivity index (χ0n) is 11.6. The first-order valence-corrected chi connectivity index (χ1v) is 7.19. The first-order chi connectivity index (χ1) is 8.81. The van der Waals surface area contributed by atoms with Gasteiger partial charge < -0.3 is 5.32 Å². The summed E-state index contributed by atoms with van der Waals surface area (Å²) in [6, 6.07) is 7.35. The van der Waals surface area contributed by atoms with Crippen molar-refractivity contribution in [1.82, 2.24) is 15.2 Å². The molecule has 1 aromatic heterocycles. The van der Waals surface area contributed by atoms with Crippen LogP contribution in [0.25, 0.3) is 0 Å². The summed E-state index contributed by atoms with van der Waals surface area (Å²) in [5, 5.41) is 3.63. The molecule has 1 aromatic rings. The first kappa shape index (κ1) is 13.5. The number of hydrogen-bond donors (Lipinski definition) is 1. The lowest BCUT2D eigenvalue weighted by Gasteiger charge is -2.36. The third-order valence-electron chi connectivity index (χ3n) is 3.88. The van der Waals surface area contributed by atoms with Gasteiger partial charge in [0.15, 0.2) is 0 Å². The monoisotopic (exact) mass is 247 g/mol. The number of nitrogens with one attached hydrogen (secondary N) is 1. The van der Waals surface area contributed by atoms with Crippen LogP contribution in [0.4, 0.5) is 0 Å². The van der Waals surface area contributed by atoms with Crippen LogP contribution in [-0.4, -0.2) is 35.6 Å². The molecule has 1 aliphatic rings. The Bertz CT molecular complexity index is 331. The van der Waals surface area contributed by atoms with Crippen LogP contribution in [0.1, 0.15) is 44.8 Å². The summed E-state index contributed by atoms with van der Waals surface area (Å²) in [5.74, 6) is 0. The van der Waals surface area contributed by atoms with Crippen LogP contribution < -0.4 is 5.32 Å². The van der Waals surface area contributed by atoms with Crippen molar-refractivity contribution in [3.05, 3.63) is 30.1 Å². The maximum atomic E-state index is 4.47. The van der Waals surface area contributed by atoms with E-state index in [4.69, 9.17) is 0 Å². The maximum absolute atomic E-state index is 4.47. The van der Waals surface area contributed by atoms with Gasteiger partial charge in [-0.2, -0.15) is 0 Å². The molecule has 1 atom stereocenters. The Labute approximate surface area is 111 Å².